The molecule has 0 aliphatic carbocycles. The minimum Gasteiger partial charge on any atom is -0.494 e. The molecule has 0 saturated heterocycles. The number of ether oxygens (including phenoxy) is 4. The van der Waals surface area contributed by atoms with Gasteiger partial charge < -0.3 is 18.9 Å². The summed E-state index contributed by atoms with van der Waals surface area (Å²) in [6.45, 7) is 14.3. The van der Waals surface area contributed by atoms with E-state index >= 15 is 0 Å². The summed E-state index contributed by atoms with van der Waals surface area (Å²) in [5, 5.41) is 0. The fourth-order valence-corrected chi connectivity index (χ4v) is 5.34. The second-order valence-corrected chi connectivity index (χ2v) is 13.2. The first-order chi connectivity index (χ1) is 26.6. The molecular formula is C46H58O9. The molecule has 3 aromatic carbocycles. The molecule has 0 heterocycles. The van der Waals surface area contributed by atoms with Crippen LogP contribution in [0.1, 0.15) is 128 Å². The number of rotatable bonds is 26. The maximum atomic E-state index is 12.9. The molecule has 0 amide bonds. The minimum atomic E-state index is -0.402. The van der Waals surface area contributed by atoms with Crippen LogP contribution in [0.4, 0.5) is 0 Å². The van der Waals surface area contributed by atoms with Gasteiger partial charge in [0.15, 0.2) is 17.3 Å². The SMILES string of the molecule is C=CC(=O)OCCCCCCOc1ccc(C(=O)c2ccc(C(=O)C(C)CCCCCC)cc2)cc1.C=CC(=O)OCCCCOc1ccc(C(C)=O)cc1. The van der Waals surface area contributed by atoms with Gasteiger partial charge >= 0.3 is 11.9 Å². The van der Waals surface area contributed by atoms with Crippen LogP contribution in [0.5, 0.6) is 11.5 Å². The zero-order valence-corrected chi connectivity index (χ0v) is 32.9. The molecule has 9 heteroatoms. The standard InChI is InChI=1S/C31H40O5.C15H18O4/c1-4-6-7-10-13-24(3)30(33)25-14-16-26(17-15-25)31(34)27-18-20-28(21-19-27)35-22-11-8-9-12-23-36-29(32)5-2;1-3-15(17)19-11-5-4-10-18-14-8-6-13(7-9-14)12(2)16/h5,14-21,24H,2,4,6-13,22-23H2,1,3H3;3,6-9H,1,4-5,10-11H2,2H3. The van der Waals surface area contributed by atoms with Crippen LogP contribution in [-0.2, 0) is 19.1 Å². The lowest BCUT2D eigenvalue weighted by molar-refractivity contribution is -0.138. The van der Waals surface area contributed by atoms with E-state index in [1.165, 1.54) is 32.3 Å². The highest BCUT2D eigenvalue weighted by molar-refractivity contribution is 6.09. The Morgan fingerprint density at radius 3 is 1.42 bits per heavy atom. The summed E-state index contributed by atoms with van der Waals surface area (Å²) in [6, 6.07) is 21.2. The lowest BCUT2D eigenvalue weighted by Gasteiger charge is -2.11. The Kier molecular flexibility index (Phi) is 22.8. The van der Waals surface area contributed by atoms with Crippen LogP contribution < -0.4 is 9.47 Å². The summed E-state index contributed by atoms with van der Waals surface area (Å²) in [6.07, 6.45) is 13.1. The van der Waals surface area contributed by atoms with Gasteiger partial charge in [-0.15, -0.1) is 0 Å². The van der Waals surface area contributed by atoms with E-state index in [0.29, 0.717) is 48.7 Å². The fraction of sp³-hybridized carbons (Fsp3) is 0.413. The highest BCUT2D eigenvalue weighted by Gasteiger charge is 2.16. The summed E-state index contributed by atoms with van der Waals surface area (Å²) >= 11 is 0. The number of Topliss-reactive ketones (excluding diaryl/α,β-unsaturated/α-hetero) is 2. The monoisotopic (exact) mass is 754 g/mol. The van der Waals surface area contributed by atoms with Crippen LogP contribution in [0.15, 0.2) is 98.1 Å². The van der Waals surface area contributed by atoms with Gasteiger partial charge in [-0.25, -0.2) is 9.59 Å². The molecule has 0 aromatic heterocycles. The zero-order valence-electron chi connectivity index (χ0n) is 32.9. The molecule has 0 saturated carbocycles. The minimum absolute atomic E-state index is 0.00187. The summed E-state index contributed by atoms with van der Waals surface area (Å²) in [5.74, 6) is 0.765. The summed E-state index contributed by atoms with van der Waals surface area (Å²) < 4.78 is 21.0. The molecule has 3 aromatic rings. The van der Waals surface area contributed by atoms with Gasteiger partial charge in [0.05, 0.1) is 26.4 Å². The molecule has 3 rings (SSSR count). The lowest BCUT2D eigenvalue weighted by Crippen LogP contribution is -2.12. The third-order valence-corrected chi connectivity index (χ3v) is 8.68. The van der Waals surface area contributed by atoms with Crippen molar-refractivity contribution in [3.63, 3.8) is 0 Å². The number of carbonyl (C=O) groups is 5. The molecule has 1 unspecified atom stereocenters. The highest BCUT2D eigenvalue weighted by Crippen LogP contribution is 2.20. The Balaban J connectivity index is 0.000000462. The lowest BCUT2D eigenvalue weighted by atomic mass is 9.92. The molecule has 0 aliphatic rings. The molecule has 0 aliphatic heterocycles. The smallest absolute Gasteiger partial charge is 0.330 e. The zero-order chi connectivity index (χ0) is 40.3. The third-order valence-electron chi connectivity index (χ3n) is 8.68. The Hall–Kier alpha value is -5.31. The quantitative estimate of drug-likeness (QED) is 0.0341. The normalized spacial score (nSPS) is 10.9. The van der Waals surface area contributed by atoms with E-state index in [0.717, 1.165) is 68.9 Å². The largest absolute Gasteiger partial charge is 0.494 e. The molecule has 0 spiro atoms. The summed E-state index contributed by atoms with van der Waals surface area (Å²) in [7, 11) is 0. The van der Waals surface area contributed by atoms with Crippen molar-refractivity contribution in [2.45, 2.75) is 91.4 Å². The van der Waals surface area contributed by atoms with E-state index in [4.69, 9.17) is 18.9 Å². The van der Waals surface area contributed by atoms with Crippen LogP contribution in [0.2, 0.25) is 0 Å². The Bertz CT molecular complexity index is 1620. The van der Waals surface area contributed by atoms with Crippen molar-refractivity contribution in [3.05, 3.63) is 120 Å². The third kappa shape index (κ3) is 19.0. The Morgan fingerprint density at radius 1 is 0.545 bits per heavy atom. The van der Waals surface area contributed by atoms with Gasteiger partial charge in [-0.05, 0) is 100 Å². The first-order valence-corrected chi connectivity index (χ1v) is 19.3. The van der Waals surface area contributed by atoms with Crippen LogP contribution in [-0.4, -0.2) is 55.7 Å². The molecule has 0 bridgehead atoms. The van der Waals surface area contributed by atoms with E-state index in [-0.39, 0.29) is 29.2 Å². The Morgan fingerprint density at radius 2 is 0.945 bits per heavy atom. The number of ketones is 3. The summed E-state index contributed by atoms with van der Waals surface area (Å²) in [4.78, 5) is 58.3. The van der Waals surface area contributed by atoms with Crippen molar-refractivity contribution in [2.75, 3.05) is 26.4 Å². The van der Waals surface area contributed by atoms with Crippen molar-refractivity contribution in [3.8, 4) is 11.5 Å². The van der Waals surface area contributed by atoms with Gasteiger partial charge in [0.2, 0.25) is 0 Å². The molecule has 0 radical (unpaired) electrons. The van der Waals surface area contributed by atoms with Crippen LogP contribution >= 0.6 is 0 Å². The first kappa shape index (κ1) is 45.8. The number of carbonyl (C=O) groups excluding carboxylic acids is 5. The first-order valence-electron chi connectivity index (χ1n) is 19.3. The summed E-state index contributed by atoms with van der Waals surface area (Å²) in [5.41, 5.74) is 2.48. The second-order valence-electron chi connectivity index (χ2n) is 13.2. The molecule has 55 heavy (non-hydrogen) atoms. The maximum Gasteiger partial charge on any atom is 0.330 e. The topological polar surface area (TPSA) is 122 Å². The molecule has 0 N–H and O–H groups in total. The van der Waals surface area contributed by atoms with Crippen LogP contribution in [0.3, 0.4) is 0 Å². The predicted octanol–water partition coefficient (Wildman–Crippen LogP) is 10.2. The van der Waals surface area contributed by atoms with Crippen molar-refractivity contribution in [1.82, 2.24) is 0 Å². The van der Waals surface area contributed by atoms with Crippen LogP contribution in [0, 0.1) is 5.92 Å². The van der Waals surface area contributed by atoms with Gasteiger partial charge in [0, 0.05) is 40.3 Å². The Labute approximate surface area is 327 Å². The number of benzene rings is 3. The van der Waals surface area contributed by atoms with Crippen molar-refractivity contribution in [2.24, 2.45) is 5.92 Å². The number of unbranched alkanes of at least 4 members (excludes halogenated alkanes) is 7. The molecule has 1 atom stereocenters. The van der Waals surface area contributed by atoms with Crippen LogP contribution in [0.25, 0.3) is 0 Å². The van der Waals surface area contributed by atoms with E-state index in [9.17, 15) is 24.0 Å². The second kappa shape index (κ2) is 27.3. The average molecular weight is 755 g/mol. The van der Waals surface area contributed by atoms with Crippen molar-refractivity contribution >= 4 is 29.3 Å². The van der Waals surface area contributed by atoms with Gasteiger partial charge in [0.25, 0.3) is 0 Å². The molecule has 296 valence electrons. The maximum absolute atomic E-state index is 12.9. The van der Waals surface area contributed by atoms with Gasteiger partial charge in [0.1, 0.15) is 11.5 Å². The molecule has 9 nitrogen and oxygen atoms in total. The fourth-order valence-electron chi connectivity index (χ4n) is 5.34. The number of hydrogen-bond acceptors (Lipinski definition) is 9. The highest BCUT2D eigenvalue weighted by atomic mass is 16.5. The average Bonchev–Trinajstić information content (AvgIpc) is 3.21. The van der Waals surface area contributed by atoms with Gasteiger partial charge in [-0.2, -0.15) is 0 Å². The molecular weight excluding hydrogens is 696 g/mol. The number of esters is 2. The van der Waals surface area contributed by atoms with E-state index < -0.39 is 5.97 Å². The van der Waals surface area contributed by atoms with Gasteiger partial charge in [-0.1, -0.05) is 77.0 Å². The van der Waals surface area contributed by atoms with E-state index in [1.807, 2.05) is 6.92 Å². The van der Waals surface area contributed by atoms with Crippen molar-refractivity contribution in [1.29, 1.82) is 0 Å². The molecule has 0 fully saturated rings. The van der Waals surface area contributed by atoms with E-state index in [1.54, 1.807) is 72.8 Å². The number of hydrogen-bond donors (Lipinski definition) is 0. The van der Waals surface area contributed by atoms with E-state index in [2.05, 4.69) is 20.1 Å². The van der Waals surface area contributed by atoms with Crippen molar-refractivity contribution < 1.29 is 42.9 Å². The van der Waals surface area contributed by atoms with Gasteiger partial charge in [-0.3, -0.25) is 14.4 Å². The predicted molar refractivity (Wildman–Crippen MR) is 216 cm³/mol.